The SMILES string of the molecule is C[C@H](C(=O)Nc1cccc(-c2nccs2)c1)S(C)(=O)=O. The van der Waals surface area contributed by atoms with Crippen molar-refractivity contribution in [2.45, 2.75) is 12.2 Å². The Bertz CT molecular complexity index is 709. The number of aromatic nitrogens is 1. The van der Waals surface area contributed by atoms with Gasteiger partial charge in [-0.3, -0.25) is 4.79 Å². The monoisotopic (exact) mass is 310 g/mol. The maximum absolute atomic E-state index is 11.9. The second-order valence-electron chi connectivity index (χ2n) is 4.38. The molecule has 1 amide bonds. The van der Waals surface area contributed by atoms with Crippen molar-refractivity contribution < 1.29 is 13.2 Å². The summed E-state index contributed by atoms with van der Waals surface area (Å²) in [6.45, 7) is 1.37. The highest BCUT2D eigenvalue weighted by Crippen LogP contribution is 2.24. The van der Waals surface area contributed by atoms with Crippen LogP contribution in [0.5, 0.6) is 0 Å². The summed E-state index contributed by atoms with van der Waals surface area (Å²) in [5.74, 6) is -0.538. The molecule has 5 nitrogen and oxygen atoms in total. The number of carbonyl (C=O) groups is 1. The lowest BCUT2D eigenvalue weighted by Gasteiger charge is -2.11. The summed E-state index contributed by atoms with van der Waals surface area (Å²) in [5, 5.41) is 4.24. The van der Waals surface area contributed by atoms with Crippen molar-refractivity contribution in [3.05, 3.63) is 35.8 Å². The molecule has 0 aliphatic heterocycles. The van der Waals surface area contributed by atoms with Crippen LogP contribution in [0.15, 0.2) is 35.8 Å². The van der Waals surface area contributed by atoms with Gasteiger partial charge in [0, 0.05) is 29.1 Å². The molecule has 0 saturated heterocycles. The Morgan fingerprint density at radius 2 is 2.15 bits per heavy atom. The van der Waals surface area contributed by atoms with Crippen LogP contribution in [0, 0.1) is 0 Å². The Kier molecular flexibility index (Phi) is 4.20. The molecule has 0 bridgehead atoms. The number of amides is 1. The van der Waals surface area contributed by atoms with Gasteiger partial charge in [0.05, 0.1) is 0 Å². The minimum Gasteiger partial charge on any atom is -0.325 e. The first kappa shape index (κ1) is 14.7. The first-order chi connectivity index (χ1) is 9.38. The molecule has 0 fully saturated rings. The third-order valence-corrected chi connectivity index (χ3v) is 5.14. The van der Waals surface area contributed by atoms with Crippen LogP contribution in [-0.2, 0) is 14.6 Å². The molecule has 0 aliphatic rings. The zero-order chi connectivity index (χ0) is 14.8. The summed E-state index contributed by atoms with van der Waals surface area (Å²) in [6, 6.07) is 7.15. The molecule has 1 atom stereocenters. The molecular weight excluding hydrogens is 296 g/mol. The number of carbonyl (C=O) groups excluding carboxylic acids is 1. The summed E-state index contributed by atoms with van der Waals surface area (Å²) in [6.07, 6.45) is 2.75. The second kappa shape index (κ2) is 5.72. The van der Waals surface area contributed by atoms with Gasteiger partial charge >= 0.3 is 0 Å². The van der Waals surface area contributed by atoms with E-state index in [1.54, 1.807) is 24.4 Å². The number of hydrogen-bond acceptors (Lipinski definition) is 5. The highest BCUT2D eigenvalue weighted by molar-refractivity contribution is 7.92. The fourth-order valence-corrected chi connectivity index (χ4v) is 2.62. The van der Waals surface area contributed by atoms with Gasteiger partial charge in [-0.15, -0.1) is 11.3 Å². The van der Waals surface area contributed by atoms with Crippen molar-refractivity contribution >= 4 is 32.8 Å². The first-order valence-electron chi connectivity index (χ1n) is 5.87. The van der Waals surface area contributed by atoms with E-state index in [4.69, 9.17) is 0 Å². The highest BCUT2D eigenvalue weighted by Gasteiger charge is 2.23. The number of hydrogen-bond donors (Lipinski definition) is 1. The Hall–Kier alpha value is -1.73. The lowest BCUT2D eigenvalue weighted by atomic mass is 10.2. The molecule has 7 heteroatoms. The van der Waals surface area contributed by atoms with Gasteiger partial charge in [-0.25, -0.2) is 13.4 Å². The van der Waals surface area contributed by atoms with Gasteiger partial charge in [-0.05, 0) is 19.1 Å². The summed E-state index contributed by atoms with van der Waals surface area (Å²) in [7, 11) is -3.40. The topological polar surface area (TPSA) is 76.1 Å². The quantitative estimate of drug-likeness (QED) is 0.939. The molecule has 0 unspecified atom stereocenters. The van der Waals surface area contributed by atoms with Crippen LogP contribution in [-0.4, -0.2) is 30.8 Å². The lowest BCUT2D eigenvalue weighted by Crippen LogP contribution is -2.31. The number of nitrogens with one attached hydrogen (secondary N) is 1. The third kappa shape index (κ3) is 3.43. The predicted octanol–water partition coefficient (Wildman–Crippen LogP) is 2.18. The van der Waals surface area contributed by atoms with Crippen molar-refractivity contribution in [1.29, 1.82) is 0 Å². The average Bonchev–Trinajstić information content (AvgIpc) is 2.91. The molecule has 1 heterocycles. The van der Waals surface area contributed by atoms with E-state index >= 15 is 0 Å². The van der Waals surface area contributed by atoms with Gasteiger partial charge in [0.15, 0.2) is 9.84 Å². The molecule has 0 saturated carbocycles. The number of benzene rings is 1. The Morgan fingerprint density at radius 1 is 1.40 bits per heavy atom. The van der Waals surface area contributed by atoms with Gasteiger partial charge in [0.25, 0.3) is 0 Å². The van der Waals surface area contributed by atoms with Crippen LogP contribution >= 0.6 is 11.3 Å². The van der Waals surface area contributed by atoms with Gasteiger partial charge in [-0.2, -0.15) is 0 Å². The Balaban J connectivity index is 2.19. The smallest absolute Gasteiger partial charge is 0.242 e. The number of thiazole rings is 1. The van der Waals surface area contributed by atoms with Crippen LogP contribution in [0.25, 0.3) is 10.6 Å². The number of rotatable bonds is 4. The van der Waals surface area contributed by atoms with Crippen LogP contribution in [0.4, 0.5) is 5.69 Å². The maximum Gasteiger partial charge on any atom is 0.242 e. The Morgan fingerprint density at radius 3 is 2.75 bits per heavy atom. The van der Waals surface area contributed by atoms with Gasteiger partial charge in [-0.1, -0.05) is 12.1 Å². The van der Waals surface area contributed by atoms with Crippen LogP contribution in [0.3, 0.4) is 0 Å². The van der Waals surface area contributed by atoms with Gasteiger partial charge in [0.1, 0.15) is 10.3 Å². The maximum atomic E-state index is 11.9. The minimum atomic E-state index is -3.40. The van der Waals surface area contributed by atoms with Crippen molar-refractivity contribution in [2.75, 3.05) is 11.6 Å². The van der Waals surface area contributed by atoms with E-state index in [2.05, 4.69) is 10.3 Å². The van der Waals surface area contributed by atoms with Crippen molar-refractivity contribution in [1.82, 2.24) is 4.98 Å². The van der Waals surface area contributed by atoms with Gasteiger partial charge < -0.3 is 5.32 Å². The number of sulfone groups is 1. The molecule has 20 heavy (non-hydrogen) atoms. The minimum absolute atomic E-state index is 0.538. The average molecular weight is 310 g/mol. The first-order valence-corrected chi connectivity index (χ1v) is 8.71. The molecule has 1 N–H and O–H groups in total. The zero-order valence-electron chi connectivity index (χ0n) is 11.0. The van der Waals surface area contributed by atoms with Crippen LogP contribution < -0.4 is 5.32 Å². The van der Waals surface area contributed by atoms with E-state index in [0.29, 0.717) is 5.69 Å². The van der Waals surface area contributed by atoms with Gasteiger partial charge in [0.2, 0.25) is 5.91 Å². The summed E-state index contributed by atoms with van der Waals surface area (Å²) >= 11 is 1.49. The Labute approximate surface area is 121 Å². The molecule has 0 spiro atoms. The fourth-order valence-electron chi connectivity index (χ4n) is 1.53. The number of anilines is 1. The van der Waals surface area contributed by atoms with E-state index in [1.807, 2.05) is 11.4 Å². The van der Waals surface area contributed by atoms with Crippen molar-refractivity contribution in [2.24, 2.45) is 0 Å². The third-order valence-electron chi connectivity index (χ3n) is 2.82. The van der Waals surface area contributed by atoms with Crippen molar-refractivity contribution in [3.63, 3.8) is 0 Å². The van der Waals surface area contributed by atoms with Crippen molar-refractivity contribution in [3.8, 4) is 10.6 Å². The molecule has 0 aliphatic carbocycles. The predicted molar refractivity (Wildman–Crippen MR) is 80.5 cm³/mol. The van der Waals surface area contributed by atoms with E-state index in [9.17, 15) is 13.2 Å². The van der Waals surface area contributed by atoms with E-state index in [-0.39, 0.29) is 0 Å². The lowest BCUT2D eigenvalue weighted by molar-refractivity contribution is -0.115. The molecule has 1 aromatic heterocycles. The molecule has 2 rings (SSSR count). The molecule has 2 aromatic rings. The molecule has 1 aromatic carbocycles. The normalized spacial score (nSPS) is 12.9. The van der Waals surface area contributed by atoms with Crippen LogP contribution in [0.2, 0.25) is 0 Å². The molecule has 106 valence electrons. The second-order valence-corrected chi connectivity index (χ2v) is 7.64. The highest BCUT2D eigenvalue weighted by atomic mass is 32.2. The summed E-state index contributed by atoms with van der Waals surface area (Å²) in [5.41, 5.74) is 1.43. The van der Waals surface area contributed by atoms with E-state index in [1.165, 1.54) is 18.3 Å². The number of nitrogens with zero attached hydrogens (tertiary/aromatic N) is 1. The van der Waals surface area contributed by atoms with E-state index in [0.717, 1.165) is 16.8 Å². The van der Waals surface area contributed by atoms with Crippen LogP contribution in [0.1, 0.15) is 6.92 Å². The molecule has 0 radical (unpaired) electrons. The largest absolute Gasteiger partial charge is 0.325 e. The molecular formula is C13H14N2O3S2. The standard InChI is InChI=1S/C13H14N2O3S2/c1-9(20(2,17)18)12(16)15-11-5-3-4-10(8-11)13-14-6-7-19-13/h3-9H,1-2H3,(H,15,16)/t9-/m1/s1. The van der Waals surface area contributed by atoms with E-state index < -0.39 is 21.0 Å². The fraction of sp³-hybridized carbons (Fsp3) is 0.231. The zero-order valence-corrected chi connectivity index (χ0v) is 12.7. The summed E-state index contributed by atoms with van der Waals surface area (Å²) in [4.78, 5) is 16.0. The summed E-state index contributed by atoms with van der Waals surface area (Å²) < 4.78 is 22.7.